The molecule has 20 heavy (non-hydrogen) atoms. The van der Waals surface area contributed by atoms with Crippen molar-refractivity contribution in [1.29, 1.82) is 0 Å². The van der Waals surface area contributed by atoms with Gasteiger partial charge in [0.05, 0.1) is 6.04 Å². The molecule has 0 saturated heterocycles. The molecule has 4 nitrogen and oxygen atoms in total. The third kappa shape index (κ3) is 4.05. The maximum atomic E-state index is 12.8. The summed E-state index contributed by atoms with van der Waals surface area (Å²) in [5.41, 5.74) is 1.78. The summed E-state index contributed by atoms with van der Waals surface area (Å²) in [5.74, 6) is -0.290. The standard InChI is InChI=1S/C15H16FN3O/c1-11(13-4-6-14(16)7-5-13)19-15(20)18-10-12-3-2-8-17-9-12/h2-9,11H,10H2,1H3,(H2,18,19,20). The summed E-state index contributed by atoms with van der Waals surface area (Å²) >= 11 is 0. The van der Waals surface area contributed by atoms with Crippen molar-refractivity contribution in [2.75, 3.05) is 0 Å². The van der Waals surface area contributed by atoms with E-state index in [1.54, 1.807) is 24.5 Å². The zero-order valence-corrected chi connectivity index (χ0v) is 11.1. The van der Waals surface area contributed by atoms with Crippen LogP contribution in [0.1, 0.15) is 24.1 Å². The summed E-state index contributed by atoms with van der Waals surface area (Å²) in [5, 5.41) is 5.54. The van der Waals surface area contributed by atoms with Gasteiger partial charge in [-0.2, -0.15) is 0 Å². The number of rotatable bonds is 4. The molecule has 0 fully saturated rings. The molecule has 1 unspecified atom stereocenters. The largest absolute Gasteiger partial charge is 0.334 e. The molecule has 2 aromatic rings. The van der Waals surface area contributed by atoms with Gasteiger partial charge in [-0.05, 0) is 36.2 Å². The highest BCUT2D eigenvalue weighted by Crippen LogP contribution is 2.12. The van der Waals surface area contributed by atoms with Crippen molar-refractivity contribution >= 4 is 6.03 Å². The summed E-state index contributed by atoms with van der Waals surface area (Å²) < 4.78 is 12.8. The van der Waals surface area contributed by atoms with E-state index in [1.807, 2.05) is 19.1 Å². The fraction of sp³-hybridized carbons (Fsp3) is 0.200. The summed E-state index contributed by atoms with van der Waals surface area (Å²) in [4.78, 5) is 15.7. The van der Waals surface area contributed by atoms with Crippen molar-refractivity contribution < 1.29 is 9.18 Å². The van der Waals surface area contributed by atoms with Gasteiger partial charge in [-0.15, -0.1) is 0 Å². The van der Waals surface area contributed by atoms with E-state index in [0.29, 0.717) is 6.54 Å². The first kappa shape index (κ1) is 14.0. The Morgan fingerprint density at radius 3 is 2.70 bits per heavy atom. The molecule has 0 radical (unpaired) electrons. The summed E-state index contributed by atoms with van der Waals surface area (Å²) in [6, 6.07) is 9.30. The van der Waals surface area contributed by atoms with Crippen LogP contribution >= 0.6 is 0 Å². The highest BCUT2D eigenvalue weighted by molar-refractivity contribution is 5.74. The number of pyridine rings is 1. The molecule has 0 aliphatic carbocycles. The molecule has 104 valence electrons. The second-order valence-electron chi connectivity index (χ2n) is 4.46. The van der Waals surface area contributed by atoms with Gasteiger partial charge in [0.1, 0.15) is 5.82 Å². The molecule has 1 aromatic carbocycles. The van der Waals surface area contributed by atoms with Gasteiger partial charge in [0.25, 0.3) is 0 Å². The zero-order valence-electron chi connectivity index (χ0n) is 11.1. The van der Waals surface area contributed by atoms with E-state index in [1.165, 1.54) is 12.1 Å². The molecule has 0 aliphatic heterocycles. The first-order chi connectivity index (χ1) is 9.65. The fourth-order valence-corrected chi connectivity index (χ4v) is 1.77. The van der Waals surface area contributed by atoms with E-state index in [2.05, 4.69) is 15.6 Å². The third-order valence-electron chi connectivity index (χ3n) is 2.89. The van der Waals surface area contributed by atoms with Gasteiger partial charge in [0.15, 0.2) is 0 Å². The summed E-state index contributed by atoms with van der Waals surface area (Å²) in [6.45, 7) is 2.26. The third-order valence-corrected chi connectivity index (χ3v) is 2.89. The van der Waals surface area contributed by atoms with Crippen molar-refractivity contribution in [2.24, 2.45) is 0 Å². The molecular formula is C15H16FN3O. The SMILES string of the molecule is CC(NC(=O)NCc1cccnc1)c1ccc(F)cc1. The molecule has 5 heteroatoms. The Balaban J connectivity index is 1.83. The second-order valence-corrected chi connectivity index (χ2v) is 4.46. The molecule has 2 amide bonds. The van der Waals surface area contributed by atoms with Crippen LogP contribution in [-0.2, 0) is 6.54 Å². The van der Waals surface area contributed by atoms with E-state index in [-0.39, 0.29) is 17.9 Å². The van der Waals surface area contributed by atoms with Crippen LogP contribution in [0.4, 0.5) is 9.18 Å². The van der Waals surface area contributed by atoms with Crippen molar-refractivity contribution in [3.63, 3.8) is 0 Å². The number of hydrogen-bond donors (Lipinski definition) is 2. The Bertz CT molecular complexity index is 557. The summed E-state index contributed by atoms with van der Waals surface area (Å²) in [7, 11) is 0. The number of carbonyl (C=O) groups excluding carboxylic acids is 1. The molecule has 1 heterocycles. The zero-order chi connectivity index (χ0) is 14.4. The lowest BCUT2D eigenvalue weighted by Crippen LogP contribution is -2.36. The molecule has 0 aliphatic rings. The average molecular weight is 273 g/mol. The van der Waals surface area contributed by atoms with Crippen LogP contribution < -0.4 is 10.6 Å². The highest BCUT2D eigenvalue weighted by atomic mass is 19.1. The van der Waals surface area contributed by atoms with Gasteiger partial charge in [0.2, 0.25) is 0 Å². The van der Waals surface area contributed by atoms with Gasteiger partial charge in [-0.3, -0.25) is 4.98 Å². The maximum Gasteiger partial charge on any atom is 0.315 e. The van der Waals surface area contributed by atoms with E-state index < -0.39 is 0 Å². The summed E-state index contributed by atoms with van der Waals surface area (Å²) in [6.07, 6.45) is 3.38. The van der Waals surface area contributed by atoms with E-state index in [9.17, 15) is 9.18 Å². The quantitative estimate of drug-likeness (QED) is 0.900. The van der Waals surface area contributed by atoms with Crippen molar-refractivity contribution in [3.8, 4) is 0 Å². The van der Waals surface area contributed by atoms with E-state index >= 15 is 0 Å². The van der Waals surface area contributed by atoms with Crippen molar-refractivity contribution in [1.82, 2.24) is 15.6 Å². The molecular weight excluding hydrogens is 257 g/mol. The van der Waals surface area contributed by atoms with Gasteiger partial charge in [-0.1, -0.05) is 18.2 Å². The Morgan fingerprint density at radius 1 is 1.30 bits per heavy atom. The lowest BCUT2D eigenvalue weighted by Gasteiger charge is -2.15. The number of carbonyl (C=O) groups is 1. The van der Waals surface area contributed by atoms with Gasteiger partial charge in [0, 0.05) is 18.9 Å². The monoisotopic (exact) mass is 273 g/mol. The van der Waals surface area contributed by atoms with Gasteiger partial charge >= 0.3 is 6.03 Å². The fourth-order valence-electron chi connectivity index (χ4n) is 1.77. The molecule has 0 saturated carbocycles. The lowest BCUT2D eigenvalue weighted by atomic mass is 10.1. The molecule has 2 N–H and O–H groups in total. The number of hydrogen-bond acceptors (Lipinski definition) is 2. The first-order valence-corrected chi connectivity index (χ1v) is 6.34. The Hall–Kier alpha value is -2.43. The average Bonchev–Trinajstić information content (AvgIpc) is 2.47. The molecule has 1 atom stereocenters. The van der Waals surface area contributed by atoms with Crippen LogP contribution in [0.3, 0.4) is 0 Å². The number of halogens is 1. The highest BCUT2D eigenvalue weighted by Gasteiger charge is 2.09. The normalized spacial score (nSPS) is 11.7. The van der Waals surface area contributed by atoms with Gasteiger partial charge < -0.3 is 10.6 Å². The van der Waals surface area contributed by atoms with Crippen molar-refractivity contribution in [3.05, 3.63) is 65.7 Å². The second kappa shape index (κ2) is 6.65. The van der Waals surface area contributed by atoms with Crippen LogP contribution in [0.15, 0.2) is 48.8 Å². The smallest absolute Gasteiger partial charge is 0.315 e. The number of benzene rings is 1. The number of nitrogens with zero attached hydrogens (tertiary/aromatic N) is 1. The van der Waals surface area contributed by atoms with Gasteiger partial charge in [-0.25, -0.2) is 9.18 Å². The minimum absolute atomic E-state index is 0.190. The number of aromatic nitrogens is 1. The Morgan fingerprint density at radius 2 is 2.05 bits per heavy atom. The number of urea groups is 1. The molecule has 2 rings (SSSR count). The number of amides is 2. The van der Waals surface area contributed by atoms with Crippen molar-refractivity contribution in [2.45, 2.75) is 19.5 Å². The maximum absolute atomic E-state index is 12.8. The van der Waals surface area contributed by atoms with E-state index in [0.717, 1.165) is 11.1 Å². The predicted molar refractivity (Wildman–Crippen MR) is 74.4 cm³/mol. The minimum Gasteiger partial charge on any atom is -0.334 e. The minimum atomic E-state index is -0.290. The van der Waals surface area contributed by atoms with Crippen LogP contribution in [0.25, 0.3) is 0 Å². The van der Waals surface area contributed by atoms with Crippen LogP contribution in [-0.4, -0.2) is 11.0 Å². The molecule has 1 aromatic heterocycles. The Kier molecular flexibility index (Phi) is 4.65. The van der Waals surface area contributed by atoms with Crippen LogP contribution in [0.2, 0.25) is 0 Å². The lowest BCUT2D eigenvalue weighted by molar-refractivity contribution is 0.237. The first-order valence-electron chi connectivity index (χ1n) is 6.34. The van der Waals surface area contributed by atoms with Crippen LogP contribution in [0, 0.1) is 5.82 Å². The molecule has 0 spiro atoms. The number of nitrogens with one attached hydrogen (secondary N) is 2. The molecule has 0 bridgehead atoms. The Labute approximate surface area is 117 Å². The van der Waals surface area contributed by atoms with E-state index in [4.69, 9.17) is 0 Å². The van der Waals surface area contributed by atoms with Crippen LogP contribution in [0.5, 0.6) is 0 Å². The predicted octanol–water partition coefficient (Wildman–Crippen LogP) is 2.78. The topological polar surface area (TPSA) is 54.0 Å².